The van der Waals surface area contributed by atoms with Crippen molar-refractivity contribution in [3.63, 3.8) is 0 Å². The second-order valence-corrected chi connectivity index (χ2v) is 6.30. The van der Waals surface area contributed by atoms with E-state index in [2.05, 4.69) is 10.2 Å². The maximum Gasteiger partial charge on any atom is 0.238 e. The zero-order valence-corrected chi connectivity index (χ0v) is 15.3. The standard InChI is InChI=1S/C18H26F2N4O2/c1-3-24(4-2)18(26)13-23-9-7-22(8-10-23)12-17(25)21-14-5-6-15(19)16(20)11-14/h5-6,11H,3-4,7-10,12-13H2,1-2H3,(H,21,25). The molecule has 0 radical (unpaired) electrons. The van der Waals surface area contributed by atoms with Crippen molar-refractivity contribution in [2.24, 2.45) is 0 Å². The Kier molecular flexibility index (Phi) is 7.47. The van der Waals surface area contributed by atoms with E-state index in [0.29, 0.717) is 45.8 Å². The minimum Gasteiger partial charge on any atom is -0.342 e. The van der Waals surface area contributed by atoms with Gasteiger partial charge in [0.1, 0.15) is 0 Å². The van der Waals surface area contributed by atoms with E-state index in [-0.39, 0.29) is 24.0 Å². The highest BCUT2D eigenvalue weighted by Gasteiger charge is 2.22. The molecule has 1 saturated heterocycles. The molecule has 1 fully saturated rings. The minimum absolute atomic E-state index is 0.125. The van der Waals surface area contributed by atoms with Crippen LogP contribution < -0.4 is 5.32 Å². The largest absolute Gasteiger partial charge is 0.342 e. The third-order valence-corrected chi connectivity index (χ3v) is 4.51. The first-order valence-corrected chi connectivity index (χ1v) is 8.90. The molecule has 8 heteroatoms. The van der Waals surface area contributed by atoms with Crippen LogP contribution in [0.5, 0.6) is 0 Å². The summed E-state index contributed by atoms with van der Waals surface area (Å²) in [5.74, 6) is -2.09. The number of piperazine rings is 1. The van der Waals surface area contributed by atoms with Crippen LogP contribution in [0.15, 0.2) is 18.2 Å². The number of nitrogens with zero attached hydrogens (tertiary/aromatic N) is 3. The average molecular weight is 368 g/mol. The highest BCUT2D eigenvalue weighted by atomic mass is 19.2. The van der Waals surface area contributed by atoms with E-state index in [1.165, 1.54) is 6.07 Å². The van der Waals surface area contributed by atoms with Gasteiger partial charge in [-0.15, -0.1) is 0 Å². The molecule has 0 bridgehead atoms. The topological polar surface area (TPSA) is 55.9 Å². The summed E-state index contributed by atoms with van der Waals surface area (Å²) in [7, 11) is 0. The zero-order chi connectivity index (χ0) is 19.1. The van der Waals surface area contributed by atoms with E-state index in [4.69, 9.17) is 0 Å². The summed E-state index contributed by atoms with van der Waals surface area (Å²) >= 11 is 0. The first-order chi connectivity index (χ1) is 12.4. The van der Waals surface area contributed by atoms with Gasteiger partial charge in [-0.05, 0) is 26.0 Å². The molecular weight excluding hydrogens is 342 g/mol. The lowest BCUT2D eigenvalue weighted by atomic mass is 10.2. The van der Waals surface area contributed by atoms with Crippen molar-refractivity contribution < 1.29 is 18.4 Å². The Morgan fingerprint density at radius 3 is 2.12 bits per heavy atom. The Hall–Kier alpha value is -2.06. The van der Waals surface area contributed by atoms with Gasteiger partial charge < -0.3 is 10.2 Å². The first-order valence-electron chi connectivity index (χ1n) is 8.90. The van der Waals surface area contributed by atoms with Gasteiger partial charge in [0, 0.05) is 51.0 Å². The molecule has 0 atom stereocenters. The lowest BCUT2D eigenvalue weighted by molar-refractivity contribution is -0.132. The number of carbonyl (C=O) groups excluding carboxylic acids is 2. The van der Waals surface area contributed by atoms with Crippen LogP contribution in [-0.2, 0) is 9.59 Å². The summed E-state index contributed by atoms with van der Waals surface area (Å²) in [6.45, 7) is 8.70. The van der Waals surface area contributed by atoms with Gasteiger partial charge in [-0.25, -0.2) is 8.78 Å². The van der Waals surface area contributed by atoms with Crippen molar-refractivity contribution in [3.8, 4) is 0 Å². The highest BCUT2D eigenvalue weighted by Crippen LogP contribution is 2.13. The normalized spacial score (nSPS) is 15.7. The Morgan fingerprint density at radius 1 is 1.00 bits per heavy atom. The molecule has 1 heterocycles. The van der Waals surface area contributed by atoms with Crippen molar-refractivity contribution in [1.29, 1.82) is 0 Å². The molecule has 1 aliphatic heterocycles. The molecule has 0 spiro atoms. The van der Waals surface area contributed by atoms with Crippen molar-refractivity contribution >= 4 is 17.5 Å². The lowest BCUT2D eigenvalue weighted by Gasteiger charge is -2.34. The molecule has 144 valence electrons. The maximum atomic E-state index is 13.2. The van der Waals surface area contributed by atoms with Crippen LogP contribution in [0.25, 0.3) is 0 Å². The fourth-order valence-corrected chi connectivity index (χ4v) is 2.95. The van der Waals surface area contributed by atoms with Crippen LogP contribution in [0.1, 0.15) is 13.8 Å². The summed E-state index contributed by atoms with van der Waals surface area (Å²) in [5, 5.41) is 2.57. The molecule has 1 N–H and O–H groups in total. The second-order valence-electron chi connectivity index (χ2n) is 6.30. The fourth-order valence-electron chi connectivity index (χ4n) is 2.95. The molecule has 6 nitrogen and oxygen atoms in total. The first kappa shape index (κ1) is 20.3. The SMILES string of the molecule is CCN(CC)C(=O)CN1CCN(CC(=O)Nc2ccc(F)c(F)c2)CC1. The molecule has 26 heavy (non-hydrogen) atoms. The Labute approximate surface area is 152 Å². The van der Waals surface area contributed by atoms with Crippen LogP contribution in [0.2, 0.25) is 0 Å². The number of hydrogen-bond acceptors (Lipinski definition) is 4. The molecule has 0 saturated carbocycles. The number of likely N-dealkylation sites (N-methyl/N-ethyl adjacent to an activating group) is 1. The Morgan fingerprint density at radius 2 is 1.58 bits per heavy atom. The minimum atomic E-state index is -0.991. The number of nitrogens with one attached hydrogen (secondary N) is 1. The molecule has 1 aromatic carbocycles. The van der Waals surface area contributed by atoms with Gasteiger partial charge in [-0.1, -0.05) is 0 Å². The molecule has 0 aromatic heterocycles. The van der Waals surface area contributed by atoms with Gasteiger partial charge in [0.15, 0.2) is 11.6 Å². The van der Waals surface area contributed by atoms with Crippen molar-refractivity contribution in [1.82, 2.24) is 14.7 Å². The summed E-state index contributed by atoms with van der Waals surface area (Å²) in [6.07, 6.45) is 0. The van der Waals surface area contributed by atoms with E-state index in [1.54, 1.807) is 0 Å². The zero-order valence-electron chi connectivity index (χ0n) is 15.3. The van der Waals surface area contributed by atoms with E-state index in [9.17, 15) is 18.4 Å². The lowest BCUT2D eigenvalue weighted by Crippen LogP contribution is -2.51. The number of anilines is 1. The smallest absolute Gasteiger partial charge is 0.238 e. The van der Waals surface area contributed by atoms with Gasteiger partial charge in [0.2, 0.25) is 11.8 Å². The number of amides is 2. The van der Waals surface area contributed by atoms with Gasteiger partial charge in [-0.2, -0.15) is 0 Å². The maximum absolute atomic E-state index is 13.2. The van der Waals surface area contributed by atoms with E-state index < -0.39 is 11.6 Å². The van der Waals surface area contributed by atoms with Crippen LogP contribution in [0.3, 0.4) is 0 Å². The van der Waals surface area contributed by atoms with E-state index in [0.717, 1.165) is 12.1 Å². The molecular formula is C18H26F2N4O2. The number of rotatable bonds is 7. The van der Waals surface area contributed by atoms with Crippen LogP contribution >= 0.6 is 0 Å². The third-order valence-electron chi connectivity index (χ3n) is 4.51. The summed E-state index contributed by atoms with van der Waals surface area (Å²) < 4.78 is 26.1. The number of benzene rings is 1. The number of carbonyl (C=O) groups is 2. The van der Waals surface area contributed by atoms with Gasteiger partial charge in [0.05, 0.1) is 13.1 Å². The fraction of sp³-hybridized carbons (Fsp3) is 0.556. The quantitative estimate of drug-likeness (QED) is 0.790. The summed E-state index contributed by atoms with van der Waals surface area (Å²) in [5.41, 5.74) is 0.234. The van der Waals surface area contributed by atoms with E-state index >= 15 is 0 Å². The van der Waals surface area contributed by atoms with Gasteiger partial charge >= 0.3 is 0 Å². The molecule has 2 amide bonds. The van der Waals surface area contributed by atoms with Crippen LogP contribution in [0, 0.1) is 11.6 Å². The van der Waals surface area contributed by atoms with Gasteiger partial charge in [-0.3, -0.25) is 19.4 Å². The third kappa shape index (κ3) is 5.74. The van der Waals surface area contributed by atoms with Crippen molar-refractivity contribution in [3.05, 3.63) is 29.8 Å². The monoisotopic (exact) mass is 368 g/mol. The Bertz CT molecular complexity index is 630. The Balaban J connectivity index is 1.75. The van der Waals surface area contributed by atoms with Crippen LogP contribution in [-0.4, -0.2) is 78.9 Å². The average Bonchev–Trinajstić information content (AvgIpc) is 2.61. The number of halogens is 2. The number of hydrogen-bond donors (Lipinski definition) is 1. The molecule has 1 aliphatic rings. The molecule has 0 aliphatic carbocycles. The predicted octanol–water partition coefficient (Wildman–Crippen LogP) is 1.39. The molecule has 0 unspecified atom stereocenters. The molecule has 1 aromatic rings. The van der Waals surface area contributed by atoms with Crippen LogP contribution in [0.4, 0.5) is 14.5 Å². The highest BCUT2D eigenvalue weighted by molar-refractivity contribution is 5.92. The predicted molar refractivity (Wildman–Crippen MR) is 95.8 cm³/mol. The summed E-state index contributed by atoms with van der Waals surface area (Å²) in [4.78, 5) is 30.1. The molecule has 2 rings (SSSR count). The summed E-state index contributed by atoms with van der Waals surface area (Å²) in [6, 6.07) is 3.27. The van der Waals surface area contributed by atoms with Crippen molar-refractivity contribution in [2.75, 3.05) is 57.7 Å². The van der Waals surface area contributed by atoms with Gasteiger partial charge in [0.25, 0.3) is 0 Å². The van der Waals surface area contributed by atoms with E-state index in [1.807, 2.05) is 23.6 Å². The second kappa shape index (κ2) is 9.59. The van der Waals surface area contributed by atoms with Crippen molar-refractivity contribution in [2.45, 2.75) is 13.8 Å².